The van der Waals surface area contributed by atoms with Crippen LogP contribution in [-0.4, -0.2) is 5.11 Å². The Labute approximate surface area is 65.2 Å². The van der Waals surface area contributed by atoms with E-state index in [4.69, 9.17) is 0 Å². The van der Waals surface area contributed by atoms with Gasteiger partial charge in [-0.1, -0.05) is 12.2 Å². The van der Waals surface area contributed by atoms with Gasteiger partial charge >= 0.3 is 0 Å². The molecule has 2 N–H and O–H groups in total. The molecule has 0 fully saturated rings. The Morgan fingerprint density at radius 1 is 1.45 bits per heavy atom. The van der Waals surface area contributed by atoms with Crippen LogP contribution >= 0.6 is 0 Å². The summed E-state index contributed by atoms with van der Waals surface area (Å²) in [5.41, 5.74) is 1.99. The Morgan fingerprint density at radius 3 is 3.18 bits per heavy atom. The SMILES string of the molecule is OC1=C2NC=CC=C2CC=C1. The predicted octanol–water partition coefficient (Wildman–Crippen LogP) is 1.76. The second-order valence-corrected chi connectivity index (χ2v) is 2.56. The summed E-state index contributed by atoms with van der Waals surface area (Å²) in [6.45, 7) is 0. The van der Waals surface area contributed by atoms with Crippen molar-refractivity contribution in [3.05, 3.63) is 47.5 Å². The van der Waals surface area contributed by atoms with Gasteiger partial charge < -0.3 is 10.4 Å². The fraction of sp³-hybridized carbons (Fsp3) is 0.111. The molecule has 0 spiro atoms. The lowest BCUT2D eigenvalue weighted by Gasteiger charge is -2.17. The highest BCUT2D eigenvalue weighted by Crippen LogP contribution is 2.22. The largest absolute Gasteiger partial charge is 0.506 e. The number of aliphatic hydroxyl groups is 1. The van der Waals surface area contributed by atoms with Crippen LogP contribution in [0.4, 0.5) is 0 Å². The third-order valence-corrected chi connectivity index (χ3v) is 1.81. The molecular formula is C9H9NO. The third-order valence-electron chi connectivity index (χ3n) is 1.81. The fourth-order valence-corrected chi connectivity index (χ4v) is 1.26. The van der Waals surface area contributed by atoms with Crippen LogP contribution in [-0.2, 0) is 0 Å². The third kappa shape index (κ3) is 0.963. The zero-order valence-corrected chi connectivity index (χ0v) is 6.04. The number of nitrogens with one attached hydrogen (secondary N) is 1. The van der Waals surface area contributed by atoms with E-state index in [9.17, 15) is 5.11 Å². The smallest absolute Gasteiger partial charge is 0.138 e. The lowest BCUT2D eigenvalue weighted by atomic mass is 10.0. The summed E-state index contributed by atoms with van der Waals surface area (Å²) in [4.78, 5) is 0. The highest BCUT2D eigenvalue weighted by molar-refractivity contribution is 5.45. The molecule has 1 aliphatic heterocycles. The molecule has 0 amide bonds. The highest BCUT2D eigenvalue weighted by atomic mass is 16.3. The van der Waals surface area contributed by atoms with Gasteiger partial charge in [0.1, 0.15) is 5.76 Å². The average Bonchev–Trinajstić information content (AvgIpc) is 2.06. The van der Waals surface area contributed by atoms with E-state index < -0.39 is 0 Å². The van der Waals surface area contributed by atoms with E-state index in [0.717, 1.165) is 17.7 Å². The molecule has 0 bridgehead atoms. The number of hydrogen-bond donors (Lipinski definition) is 2. The second kappa shape index (κ2) is 2.31. The van der Waals surface area contributed by atoms with Crippen LogP contribution < -0.4 is 5.32 Å². The number of aliphatic hydroxyl groups excluding tert-OH is 1. The molecular weight excluding hydrogens is 138 g/mol. The van der Waals surface area contributed by atoms with Gasteiger partial charge in [0.2, 0.25) is 0 Å². The zero-order chi connectivity index (χ0) is 7.68. The Balaban J connectivity index is 2.46. The first-order valence-corrected chi connectivity index (χ1v) is 3.60. The molecule has 0 aromatic carbocycles. The van der Waals surface area contributed by atoms with Gasteiger partial charge in [0.25, 0.3) is 0 Å². The summed E-state index contributed by atoms with van der Waals surface area (Å²) in [7, 11) is 0. The van der Waals surface area contributed by atoms with Crippen LogP contribution in [0.2, 0.25) is 0 Å². The monoisotopic (exact) mass is 147 g/mol. The summed E-state index contributed by atoms with van der Waals surface area (Å²) in [5.74, 6) is 0.326. The maximum atomic E-state index is 9.36. The van der Waals surface area contributed by atoms with Crippen molar-refractivity contribution in [1.82, 2.24) is 5.32 Å². The molecule has 56 valence electrons. The number of fused-ring (bicyclic) bond motifs is 1. The minimum Gasteiger partial charge on any atom is -0.506 e. The van der Waals surface area contributed by atoms with Crippen molar-refractivity contribution in [1.29, 1.82) is 0 Å². The molecule has 2 aliphatic rings. The van der Waals surface area contributed by atoms with E-state index in [-0.39, 0.29) is 0 Å². The maximum Gasteiger partial charge on any atom is 0.138 e. The van der Waals surface area contributed by atoms with E-state index in [2.05, 4.69) is 5.32 Å². The van der Waals surface area contributed by atoms with Crippen molar-refractivity contribution >= 4 is 0 Å². The minimum atomic E-state index is 0.326. The highest BCUT2D eigenvalue weighted by Gasteiger charge is 2.12. The molecule has 1 aliphatic carbocycles. The van der Waals surface area contributed by atoms with E-state index in [1.54, 1.807) is 6.08 Å². The van der Waals surface area contributed by atoms with Crippen molar-refractivity contribution in [3.63, 3.8) is 0 Å². The summed E-state index contributed by atoms with van der Waals surface area (Å²) < 4.78 is 0. The first kappa shape index (κ1) is 6.28. The number of rotatable bonds is 0. The average molecular weight is 147 g/mol. The summed E-state index contributed by atoms with van der Waals surface area (Å²) >= 11 is 0. The van der Waals surface area contributed by atoms with Crippen molar-refractivity contribution in [2.45, 2.75) is 6.42 Å². The number of allylic oxidation sites excluding steroid dienone is 5. The first-order chi connectivity index (χ1) is 5.38. The van der Waals surface area contributed by atoms with Crippen molar-refractivity contribution in [3.8, 4) is 0 Å². The van der Waals surface area contributed by atoms with Gasteiger partial charge in [-0.05, 0) is 24.1 Å². The molecule has 0 unspecified atom stereocenters. The second-order valence-electron chi connectivity index (χ2n) is 2.56. The Kier molecular flexibility index (Phi) is 1.32. The number of dihydropyridines is 1. The Bertz CT molecular complexity index is 295. The molecule has 1 heterocycles. The van der Waals surface area contributed by atoms with Crippen LogP contribution in [0.5, 0.6) is 0 Å². The van der Waals surface area contributed by atoms with Crippen molar-refractivity contribution < 1.29 is 5.11 Å². The molecule has 0 atom stereocenters. The van der Waals surface area contributed by atoms with Gasteiger partial charge in [0.15, 0.2) is 0 Å². The predicted molar refractivity (Wildman–Crippen MR) is 43.8 cm³/mol. The molecule has 2 rings (SSSR count). The van der Waals surface area contributed by atoms with Crippen LogP contribution in [0.25, 0.3) is 0 Å². The maximum absolute atomic E-state index is 9.36. The van der Waals surface area contributed by atoms with E-state index in [1.165, 1.54) is 0 Å². The molecule has 0 saturated heterocycles. The standard InChI is InChI=1S/C9H9NO/c11-8-5-1-3-7-4-2-6-10-9(7)8/h1-2,4-6,10-11H,3H2. The van der Waals surface area contributed by atoms with Gasteiger partial charge in [-0.2, -0.15) is 0 Å². The first-order valence-electron chi connectivity index (χ1n) is 3.60. The molecule has 2 heteroatoms. The van der Waals surface area contributed by atoms with Crippen molar-refractivity contribution in [2.75, 3.05) is 0 Å². The van der Waals surface area contributed by atoms with Crippen molar-refractivity contribution in [2.24, 2.45) is 0 Å². The van der Waals surface area contributed by atoms with Crippen LogP contribution in [0.3, 0.4) is 0 Å². The van der Waals surface area contributed by atoms with Crippen LogP contribution in [0.15, 0.2) is 47.5 Å². The Morgan fingerprint density at radius 2 is 2.36 bits per heavy atom. The van der Waals surface area contributed by atoms with Gasteiger partial charge in [-0.3, -0.25) is 0 Å². The zero-order valence-electron chi connectivity index (χ0n) is 6.04. The lowest BCUT2D eigenvalue weighted by molar-refractivity contribution is 0.420. The summed E-state index contributed by atoms with van der Waals surface area (Å²) in [6.07, 6.45) is 10.3. The molecule has 0 radical (unpaired) electrons. The van der Waals surface area contributed by atoms with Crippen LogP contribution in [0.1, 0.15) is 6.42 Å². The van der Waals surface area contributed by atoms with Gasteiger partial charge in [0, 0.05) is 6.20 Å². The topological polar surface area (TPSA) is 32.3 Å². The number of hydrogen-bond acceptors (Lipinski definition) is 2. The lowest BCUT2D eigenvalue weighted by Crippen LogP contribution is -2.14. The summed E-state index contributed by atoms with van der Waals surface area (Å²) in [5, 5.41) is 12.4. The van der Waals surface area contributed by atoms with Gasteiger partial charge in [-0.25, -0.2) is 0 Å². The van der Waals surface area contributed by atoms with Gasteiger partial charge in [0.05, 0.1) is 5.70 Å². The van der Waals surface area contributed by atoms with E-state index in [0.29, 0.717) is 5.76 Å². The van der Waals surface area contributed by atoms with E-state index >= 15 is 0 Å². The van der Waals surface area contributed by atoms with Gasteiger partial charge in [-0.15, -0.1) is 0 Å². The quantitative estimate of drug-likeness (QED) is 0.547. The van der Waals surface area contributed by atoms with Crippen LogP contribution in [0, 0.1) is 0 Å². The molecule has 2 nitrogen and oxygen atoms in total. The molecule has 11 heavy (non-hydrogen) atoms. The summed E-state index contributed by atoms with van der Waals surface area (Å²) in [6, 6.07) is 0. The Hall–Kier alpha value is -1.44. The molecule has 0 saturated carbocycles. The molecule has 0 aromatic rings. The minimum absolute atomic E-state index is 0.326. The molecule has 0 aromatic heterocycles. The fourth-order valence-electron chi connectivity index (χ4n) is 1.26. The van der Waals surface area contributed by atoms with E-state index in [1.807, 2.05) is 24.4 Å². The normalized spacial score (nSPS) is 20.9.